The van der Waals surface area contributed by atoms with E-state index in [0.717, 1.165) is 37.4 Å². The molecule has 2 N–H and O–H groups in total. The number of amides is 2. The largest absolute Gasteiger partial charge is 0.367 e. The van der Waals surface area contributed by atoms with Gasteiger partial charge in [0.05, 0.1) is 24.1 Å². The molecule has 2 amide bonds. The molecule has 0 bridgehead atoms. The third-order valence-electron chi connectivity index (χ3n) is 5.28. The van der Waals surface area contributed by atoms with Crippen LogP contribution in [0.1, 0.15) is 26.4 Å². The Morgan fingerprint density at radius 2 is 2.00 bits per heavy atom. The average molecular weight is 420 g/mol. The smallest absolute Gasteiger partial charge is 0.275 e. The van der Waals surface area contributed by atoms with Gasteiger partial charge in [0.15, 0.2) is 5.13 Å². The number of nitrogens with one attached hydrogen (secondary N) is 2. The topological polar surface area (TPSA) is 90.5 Å². The Morgan fingerprint density at radius 3 is 2.83 bits per heavy atom. The summed E-state index contributed by atoms with van der Waals surface area (Å²) < 4.78 is 0. The van der Waals surface area contributed by atoms with Crippen molar-refractivity contribution in [3.8, 4) is 0 Å². The van der Waals surface area contributed by atoms with Crippen LogP contribution in [0.4, 0.5) is 16.5 Å². The van der Waals surface area contributed by atoms with Crippen LogP contribution in [0, 0.1) is 0 Å². The van der Waals surface area contributed by atoms with Crippen LogP contribution in [0.2, 0.25) is 0 Å². The summed E-state index contributed by atoms with van der Waals surface area (Å²) in [5.74, 6) is -0.397. The number of aromatic nitrogens is 2. The summed E-state index contributed by atoms with van der Waals surface area (Å²) in [5.41, 5.74) is 3.55. The first kappa shape index (κ1) is 18.7. The van der Waals surface area contributed by atoms with Crippen molar-refractivity contribution in [2.75, 3.05) is 41.3 Å². The first-order chi connectivity index (χ1) is 14.7. The lowest BCUT2D eigenvalue weighted by Gasteiger charge is -2.30. The Labute approximate surface area is 177 Å². The van der Waals surface area contributed by atoms with E-state index in [1.165, 1.54) is 11.3 Å². The van der Waals surface area contributed by atoms with E-state index in [9.17, 15) is 9.59 Å². The van der Waals surface area contributed by atoms with Crippen molar-refractivity contribution in [3.63, 3.8) is 0 Å². The van der Waals surface area contributed by atoms with Gasteiger partial charge in [-0.1, -0.05) is 18.2 Å². The molecule has 30 heavy (non-hydrogen) atoms. The van der Waals surface area contributed by atoms with Gasteiger partial charge in [0.25, 0.3) is 11.8 Å². The van der Waals surface area contributed by atoms with Crippen molar-refractivity contribution in [3.05, 3.63) is 64.9 Å². The van der Waals surface area contributed by atoms with E-state index < -0.39 is 0 Å². The number of thiazole rings is 1. The SMILES string of the molecule is O=C(Nc1cnccc1N1CCNCC1)c1csc(N2Cc3ccccc3C2=O)n1. The average Bonchev–Trinajstić information content (AvgIpc) is 3.40. The summed E-state index contributed by atoms with van der Waals surface area (Å²) >= 11 is 1.29. The van der Waals surface area contributed by atoms with Gasteiger partial charge in [-0.25, -0.2) is 4.98 Å². The van der Waals surface area contributed by atoms with Crippen LogP contribution in [-0.4, -0.2) is 48.0 Å². The Hall–Kier alpha value is -3.30. The molecule has 4 heterocycles. The van der Waals surface area contributed by atoms with Crippen LogP contribution in [0.15, 0.2) is 48.1 Å². The summed E-state index contributed by atoms with van der Waals surface area (Å²) in [5, 5.41) is 8.46. The molecule has 8 nitrogen and oxygen atoms in total. The third-order valence-corrected chi connectivity index (χ3v) is 6.14. The van der Waals surface area contributed by atoms with Gasteiger partial charge in [0.2, 0.25) is 0 Å². The normalized spacial score (nSPS) is 15.9. The molecule has 0 atom stereocenters. The lowest BCUT2D eigenvalue weighted by molar-refractivity contribution is 0.0991. The molecule has 1 aromatic carbocycles. The summed E-state index contributed by atoms with van der Waals surface area (Å²) in [6.45, 7) is 4.00. The van der Waals surface area contributed by atoms with Gasteiger partial charge in [-0.3, -0.25) is 19.5 Å². The van der Waals surface area contributed by atoms with E-state index in [-0.39, 0.29) is 17.5 Å². The molecule has 0 saturated carbocycles. The van der Waals surface area contributed by atoms with Crippen LogP contribution < -0.4 is 20.4 Å². The zero-order valence-corrected chi connectivity index (χ0v) is 17.0. The predicted octanol–water partition coefficient (Wildman–Crippen LogP) is 2.36. The Bertz CT molecular complexity index is 1110. The van der Waals surface area contributed by atoms with Crippen LogP contribution in [0.3, 0.4) is 0 Å². The van der Waals surface area contributed by atoms with Crippen molar-refractivity contribution < 1.29 is 9.59 Å². The molecule has 2 aliphatic rings. The Balaban J connectivity index is 1.33. The summed E-state index contributed by atoms with van der Waals surface area (Å²) in [6.07, 6.45) is 3.38. The highest BCUT2D eigenvalue weighted by Crippen LogP contribution is 2.31. The standard InChI is InChI=1S/C21H20N6O2S/c28-19(24-16-11-23-6-5-18(16)26-9-7-22-8-10-26)17-13-30-21(25-17)27-12-14-3-1-2-4-15(14)20(27)29/h1-6,11,13,22H,7-10,12H2,(H,24,28). The molecule has 2 aliphatic heterocycles. The molecular formula is C21H20N6O2S. The van der Waals surface area contributed by atoms with Gasteiger partial charge < -0.3 is 15.5 Å². The molecule has 3 aromatic rings. The number of carbonyl (C=O) groups is 2. The number of rotatable bonds is 4. The van der Waals surface area contributed by atoms with E-state index in [2.05, 4.69) is 25.5 Å². The van der Waals surface area contributed by atoms with Crippen LogP contribution in [-0.2, 0) is 6.54 Å². The maximum atomic E-state index is 12.8. The fraction of sp³-hybridized carbons (Fsp3) is 0.238. The molecule has 5 rings (SSSR count). The van der Waals surface area contributed by atoms with Gasteiger partial charge in [0.1, 0.15) is 5.69 Å². The molecule has 0 spiro atoms. The highest BCUT2D eigenvalue weighted by Gasteiger charge is 2.30. The van der Waals surface area contributed by atoms with Crippen LogP contribution in [0.5, 0.6) is 0 Å². The van der Waals surface area contributed by atoms with Crippen LogP contribution >= 0.6 is 11.3 Å². The number of pyridine rings is 1. The number of nitrogens with zero attached hydrogens (tertiary/aromatic N) is 4. The Kier molecular flexibility index (Phi) is 4.89. The lowest BCUT2D eigenvalue weighted by Crippen LogP contribution is -2.43. The van der Waals surface area contributed by atoms with Gasteiger partial charge in [-0.2, -0.15) is 0 Å². The second-order valence-corrected chi connectivity index (χ2v) is 7.98. The zero-order chi connectivity index (χ0) is 20.5. The maximum Gasteiger partial charge on any atom is 0.275 e. The van der Waals surface area contributed by atoms with E-state index in [1.807, 2.05) is 30.3 Å². The number of anilines is 3. The summed E-state index contributed by atoms with van der Waals surface area (Å²) in [4.78, 5) is 37.9. The van der Waals surface area contributed by atoms with Crippen molar-refractivity contribution >= 4 is 39.7 Å². The zero-order valence-electron chi connectivity index (χ0n) is 16.2. The summed E-state index contributed by atoms with van der Waals surface area (Å²) in [6, 6.07) is 9.44. The number of benzene rings is 1. The molecule has 1 saturated heterocycles. The Morgan fingerprint density at radius 1 is 1.17 bits per heavy atom. The van der Waals surface area contributed by atoms with E-state index in [0.29, 0.717) is 22.9 Å². The van der Waals surface area contributed by atoms with E-state index in [1.54, 1.807) is 22.7 Å². The van der Waals surface area contributed by atoms with Gasteiger partial charge in [-0.15, -0.1) is 11.3 Å². The number of piperazine rings is 1. The van der Waals surface area contributed by atoms with Gasteiger partial charge in [0, 0.05) is 43.3 Å². The minimum Gasteiger partial charge on any atom is -0.367 e. The molecule has 2 aromatic heterocycles. The molecule has 0 unspecified atom stereocenters. The number of hydrogen-bond acceptors (Lipinski definition) is 7. The fourth-order valence-electron chi connectivity index (χ4n) is 3.75. The second kappa shape index (κ2) is 7.85. The molecule has 0 aliphatic carbocycles. The first-order valence-electron chi connectivity index (χ1n) is 9.77. The number of fused-ring (bicyclic) bond motifs is 1. The van der Waals surface area contributed by atoms with E-state index in [4.69, 9.17) is 0 Å². The molecular weight excluding hydrogens is 400 g/mol. The van der Waals surface area contributed by atoms with Crippen LogP contribution in [0.25, 0.3) is 0 Å². The van der Waals surface area contributed by atoms with Gasteiger partial charge in [-0.05, 0) is 17.7 Å². The third kappa shape index (κ3) is 3.42. The van der Waals surface area contributed by atoms with Crippen molar-refractivity contribution in [1.82, 2.24) is 15.3 Å². The quantitative estimate of drug-likeness (QED) is 0.674. The van der Waals surface area contributed by atoms with E-state index >= 15 is 0 Å². The minimum absolute atomic E-state index is 0.0832. The van der Waals surface area contributed by atoms with Crippen molar-refractivity contribution in [1.29, 1.82) is 0 Å². The first-order valence-corrected chi connectivity index (χ1v) is 10.6. The molecule has 1 fully saturated rings. The second-order valence-electron chi connectivity index (χ2n) is 7.15. The lowest BCUT2D eigenvalue weighted by atomic mass is 10.1. The highest BCUT2D eigenvalue weighted by molar-refractivity contribution is 7.14. The monoisotopic (exact) mass is 420 g/mol. The minimum atomic E-state index is -0.314. The molecule has 152 valence electrons. The highest BCUT2D eigenvalue weighted by atomic mass is 32.1. The molecule has 9 heteroatoms. The summed E-state index contributed by atoms with van der Waals surface area (Å²) in [7, 11) is 0. The number of hydrogen-bond donors (Lipinski definition) is 2. The molecule has 0 radical (unpaired) electrons. The van der Waals surface area contributed by atoms with Crippen molar-refractivity contribution in [2.45, 2.75) is 6.54 Å². The maximum absolute atomic E-state index is 12.8. The van der Waals surface area contributed by atoms with Gasteiger partial charge >= 0.3 is 0 Å². The fourth-order valence-corrected chi connectivity index (χ4v) is 4.56. The predicted molar refractivity (Wildman–Crippen MR) is 116 cm³/mol. The van der Waals surface area contributed by atoms with Crippen molar-refractivity contribution in [2.24, 2.45) is 0 Å². The number of carbonyl (C=O) groups excluding carboxylic acids is 2.